The molecule has 103 heavy (non-hydrogen) atoms. The number of likely N-dealkylation sites (N-methyl/N-ethyl adjacent to an activating group) is 2. The summed E-state index contributed by atoms with van der Waals surface area (Å²) in [6.07, 6.45) is -1.92. The lowest BCUT2D eigenvalue weighted by atomic mass is 10.00. The Morgan fingerprint density at radius 3 is 1.68 bits per heavy atom. The van der Waals surface area contributed by atoms with Crippen LogP contribution >= 0.6 is 0 Å². The maximum Gasteiger partial charge on any atom is 0.371 e. The molecule has 0 saturated carbocycles. The Balaban J connectivity index is 1.52. The first-order valence-corrected chi connectivity index (χ1v) is 33.2. The number of nitrogens with zero attached hydrogens (tertiary/aromatic N) is 4. The molecule has 1 heterocycles. The molecular formula is C69H95N15O19. The topological polar surface area (TPSA) is 499 Å². The molecule has 0 spiro atoms. The lowest BCUT2D eigenvalue weighted by Gasteiger charge is -2.31. The number of nitrogens with two attached hydrogens (primary N) is 2. The van der Waals surface area contributed by atoms with Crippen LogP contribution in [0.3, 0.4) is 0 Å². The maximum atomic E-state index is 14.7. The number of primary amides is 1. The quantitative estimate of drug-likeness (QED) is 0.0118. The van der Waals surface area contributed by atoms with Crippen LogP contribution in [0, 0.1) is 23.2 Å². The molecule has 0 bridgehead atoms. The van der Waals surface area contributed by atoms with Gasteiger partial charge in [0, 0.05) is 26.9 Å². The van der Waals surface area contributed by atoms with Crippen LogP contribution in [-0.4, -0.2) is 223 Å². The number of oxime groups is 1. The summed E-state index contributed by atoms with van der Waals surface area (Å²) in [6.45, 7) is 11.2. The zero-order valence-corrected chi connectivity index (χ0v) is 59.5. The summed E-state index contributed by atoms with van der Waals surface area (Å²) in [7, 11) is 2.45. The zero-order valence-electron chi connectivity index (χ0n) is 59.5. The molecule has 14 N–H and O–H groups in total. The van der Waals surface area contributed by atoms with Crippen molar-refractivity contribution in [3.63, 3.8) is 0 Å². The number of nitrogens with one attached hydrogen (secondary N) is 9. The van der Waals surface area contributed by atoms with E-state index >= 15 is 0 Å². The van der Waals surface area contributed by atoms with Gasteiger partial charge in [-0.05, 0) is 76.0 Å². The smallest absolute Gasteiger partial charge is 0.371 e. The van der Waals surface area contributed by atoms with Crippen LogP contribution in [0.4, 0.5) is 0 Å². The fourth-order valence-corrected chi connectivity index (χ4v) is 10.1. The summed E-state index contributed by atoms with van der Waals surface area (Å²) in [5, 5.41) is 45.2. The Morgan fingerprint density at radius 1 is 0.612 bits per heavy atom. The van der Waals surface area contributed by atoms with Gasteiger partial charge in [0.1, 0.15) is 73.2 Å². The normalized spacial score (nSPS) is 16.1. The number of aliphatic hydroxyl groups excluding tert-OH is 1. The van der Waals surface area contributed by atoms with Crippen molar-refractivity contribution in [1.82, 2.24) is 57.7 Å². The van der Waals surface area contributed by atoms with E-state index in [-0.39, 0.29) is 38.2 Å². The first kappa shape index (κ1) is 84.7. The van der Waals surface area contributed by atoms with Gasteiger partial charge in [-0.3, -0.25) is 57.5 Å². The van der Waals surface area contributed by atoms with Crippen LogP contribution < -0.4 is 59.3 Å². The van der Waals surface area contributed by atoms with Crippen molar-refractivity contribution in [3.8, 4) is 6.07 Å². The van der Waals surface area contributed by atoms with Crippen LogP contribution in [-0.2, 0) is 105 Å². The Hall–Kier alpha value is -10.8. The zero-order chi connectivity index (χ0) is 76.8. The molecule has 0 aliphatic carbocycles. The van der Waals surface area contributed by atoms with Crippen molar-refractivity contribution in [2.75, 3.05) is 47.0 Å². The number of hydrogen-bond acceptors (Lipinski definition) is 22. The molecule has 12 amide bonds. The van der Waals surface area contributed by atoms with E-state index in [9.17, 15) is 77.5 Å². The van der Waals surface area contributed by atoms with Crippen LogP contribution in [0.15, 0.2) is 96.2 Å². The number of benzene rings is 3. The number of ether oxygens (including phenoxy) is 3. The monoisotopic (exact) mass is 1440 g/mol. The molecule has 4 rings (SSSR count). The van der Waals surface area contributed by atoms with E-state index in [2.05, 4.69) is 53.0 Å². The molecule has 0 aromatic heterocycles. The number of aliphatic hydroxyl groups is 1. The Kier molecular flexibility index (Phi) is 33.9. The fourth-order valence-electron chi connectivity index (χ4n) is 10.1. The number of rotatable bonds is 39. The first-order chi connectivity index (χ1) is 48.5. The number of nitriles is 1. The van der Waals surface area contributed by atoms with Gasteiger partial charge < -0.3 is 93.3 Å². The van der Waals surface area contributed by atoms with Crippen molar-refractivity contribution in [2.45, 2.75) is 167 Å². The average molecular weight is 1440 g/mol. The van der Waals surface area contributed by atoms with Crippen molar-refractivity contribution in [1.29, 1.82) is 5.26 Å². The molecule has 1 saturated heterocycles. The van der Waals surface area contributed by atoms with Crippen LogP contribution in [0.2, 0.25) is 0 Å². The van der Waals surface area contributed by atoms with Crippen molar-refractivity contribution >= 4 is 88.5 Å². The highest BCUT2D eigenvalue weighted by Crippen LogP contribution is 2.23. The van der Waals surface area contributed by atoms with E-state index in [1.807, 2.05) is 18.2 Å². The summed E-state index contributed by atoms with van der Waals surface area (Å²) in [5.41, 5.74) is 12.1. The van der Waals surface area contributed by atoms with Gasteiger partial charge in [0.25, 0.3) is 5.71 Å². The van der Waals surface area contributed by atoms with Gasteiger partial charge in [0.15, 0.2) is 5.79 Å². The number of esters is 1. The minimum absolute atomic E-state index is 0.00180. The summed E-state index contributed by atoms with van der Waals surface area (Å²) in [4.78, 5) is 197. The van der Waals surface area contributed by atoms with E-state index in [0.717, 1.165) is 22.4 Å². The highest BCUT2D eigenvalue weighted by molar-refractivity contribution is 6.43. The standard InChI is InChI=1S/C69H95N15O19/c1-38(2)27-48(77-55(87)34-74-64(95)53(30-45-25-19-14-20-26-45)84(11)66(97)41(6)76-60(91)47(71)28-43-21-15-12-16-22-43)62(93)75-40(5)58(89)81-57(39(3)4)65(96)78-49(29-44-23-17-13-18-24-44)63(94)79-50(67(98)83(10)42(7)59(90)80-52(35-85)61(92)73-33-54(72)86)31-56(88)103-82-51(32-70)68(99)100-36-46-37-101-69(8,9)102-46/h12-26,38-42,46-50,52-53,57,85H,27-31,33-37,71H2,1-11H3,(H2,72,86)(H,73,92)(H,74,95)(H,75,93)(H,76,91)(H,77,87)(H,78,96)(H,79,94)(H,80,90)(H,81,89)/b82-51+/t40-,41-,42-,46+,47-,48-,49-,50-,52-,53-,57-/m0/s1. The Labute approximate surface area is 596 Å². The highest BCUT2D eigenvalue weighted by atomic mass is 16.7. The molecular weight excluding hydrogens is 1340 g/mol. The third kappa shape index (κ3) is 28.3. The lowest BCUT2D eigenvalue weighted by Crippen LogP contribution is -2.61. The van der Waals surface area contributed by atoms with E-state index in [4.69, 9.17) is 30.5 Å². The van der Waals surface area contributed by atoms with Gasteiger partial charge >= 0.3 is 11.9 Å². The van der Waals surface area contributed by atoms with Crippen molar-refractivity contribution in [3.05, 3.63) is 108 Å². The van der Waals surface area contributed by atoms with E-state index in [0.29, 0.717) is 11.1 Å². The minimum atomic E-state index is -2.03. The lowest BCUT2D eigenvalue weighted by molar-refractivity contribution is -0.154. The van der Waals surface area contributed by atoms with Crippen LogP contribution in [0.5, 0.6) is 0 Å². The third-order valence-electron chi connectivity index (χ3n) is 16.0. The van der Waals surface area contributed by atoms with Crippen LogP contribution in [0.25, 0.3) is 0 Å². The summed E-state index contributed by atoms with van der Waals surface area (Å²) < 4.78 is 16.1. The van der Waals surface area contributed by atoms with Gasteiger partial charge in [0.05, 0.1) is 38.8 Å². The molecule has 11 atom stereocenters. The number of carbonyl (C=O) groups is 14. The van der Waals surface area contributed by atoms with Gasteiger partial charge in [-0.25, -0.2) is 9.59 Å². The molecule has 1 aliphatic rings. The number of amides is 12. The molecule has 0 unspecified atom stereocenters. The highest BCUT2D eigenvalue weighted by Gasteiger charge is 2.39. The Bertz CT molecular complexity index is 3540. The maximum absolute atomic E-state index is 14.7. The number of carbonyl (C=O) groups excluding carboxylic acids is 14. The van der Waals surface area contributed by atoms with E-state index in [1.54, 1.807) is 114 Å². The molecule has 34 nitrogen and oxygen atoms in total. The van der Waals surface area contributed by atoms with E-state index in [1.165, 1.54) is 33.9 Å². The second kappa shape index (κ2) is 41.2. The van der Waals surface area contributed by atoms with Crippen LogP contribution in [0.1, 0.15) is 91.8 Å². The Morgan fingerprint density at radius 2 is 1.15 bits per heavy atom. The second-order valence-electron chi connectivity index (χ2n) is 25.7. The molecule has 1 aliphatic heterocycles. The van der Waals surface area contributed by atoms with Gasteiger partial charge in [-0.15, -0.1) is 0 Å². The predicted molar refractivity (Wildman–Crippen MR) is 368 cm³/mol. The predicted octanol–water partition coefficient (Wildman–Crippen LogP) is -2.93. The first-order valence-electron chi connectivity index (χ1n) is 33.2. The summed E-state index contributed by atoms with van der Waals surface area (Å²) >= 11 is 0. The second-order valence-corrected chi connectivity index (χ2v) is 25.7. The summed E-state index contributed by atoms with van der Waals surface area (Å²) in [6, 6.07) is 13.0. The third-order valence-corrected chi connectivity index (χ3v) is 16.0. The fraction of sp³-hybridized carbons (Fsp3) is 0.507. The van der Waals surface area contributed by atoms with Gasteiger partial charge in [0.2, 0.25) is 70.9 Å². The average Bonchev–Trinajstić information content (AvgIpc) is 1.26. The molecule has 1 fully saturated rings. The van der Waals surface area contributed by atoms with Gasteiger partial charge in [-0.1, -0.05) is 124 Å². The largest absolute Gasteiger partial charge is 0.457 e. The summed E-state index contributed by atoms with van der Waals surface area (Å²) in [5.74, 6) is -15.6. The molecule has 560 valence electrons. The van der Waals surface area contributed by atoms with Gasteiger partial charge in [-0.2, -0.15) is 5.26 Å². The molecule has 34 heteroatoms. The SMILES string of the molecule is CC(C)C[C@H](NC(=O)CNC(=O)[C@H](Cc1ccccc1)N(C)C(=O)[C@H](C)NC(=O)[C@@H](N)Cc1ccccc1)C(=O)N[C@@H](C)C(=O)N[C@H](C(=O)N[C@@H](Cc1ccccc1)C(=O)N[C@@H](CC(=O)O/N=C(\C#N)C(=O)OC[C@@H]1COC(C)(C)O1)C(=O)N(C)[C@@H](C)C(=O)N[C@@H](CO)C(=O)NCC(N)=O)C(C)C. The van der Waals surface area contributed by atoms with Crippen molar-refractivity contribution < 1.29 is 91.3 Å². The van der Waals surface area contributed by atoms with E-state index < -0.39 is 199 Å². The number of hydrogen-bond donors (Lipinski definition) is 12. The molecule has 3 aromatic rings. The molecule has 0 radical (unpaired) electrons. The molecule has 3 aromatic carbocycles. The minimum Gasteiger partial charge on any atom is -0.457 e. The van der Waals surface area contributed by atoms with Crippen molar-refractivity contribution in [2.24, 2.45) is 28.5 Å².